The van der Waals surface area contributed by atoms with E-state index in [9.17, 15) is 9.18 Å². The molecule has 6 nitrogen and oxygen atoms in total. The SMILES string of the molecule is Cc1cccc(Nc2c(C(=O)N3CCC4(C=Cc5ccccc54)CC3)cnc3ccnn23)c1F. The monoisotopic (exact) mass is 453 g/mol. The molecule has 1 saturated heterocycles. The Morgan fingerprint density at radius 2 is 1.91 bits per heavy atom. The summed E-state index contributed by atoms with van der Waals surface area (Å²) in [7, 11) is 0. The van der Waals surface area contributed by atoms with Gasteiger partial charge in [0.1, 0.15) is 17.2 Å². The Labute approximate surface area is 196 Å². The lowest BCUT2D eigenvalue weighted by molar-refractivity contribution is 0.0690. The second-order valence-electron chi connectivity index (χ2n) is 9.05. The van der Waals surface area contributed by atoms with E-state index in [1.165, 1.54) is 11.1 Å². The fourth-order valence-corrected chi connectivity index (χ4v) is 5.17. The predicted molar refractivity (Wildman–Crippen MR) is 130 cm³/mol. The topological polar surface area (TPSA) is 62.5 Å². The van der Waals surface area contributed by atoms with E-state index in [0.29, 0.717) is 41.4 Å². The molecule has 0 unspecified atom stereocenters. The molecule has 0 radical (unpaired) electrons. The molecule has 1 spiro atoms. The zero-order valence-electron chi connectivity index (χ0n) is 18.8. The molecular formula is C27H24FN5O. The van der Waals surface area contributed by atoms with Gasteiger partial charge >= 0.3 is 0 Å². The molecule has 2 aromatic carbocycles. The van der Waals surface area contributed by atoms with Crippen LogP contribution in [0.2, 0.25) is 0 Å². The maximum Gasteiger partial charge on any atom is 0.259 e. The van der Waals surface area contributed by atoms with E-state index < -0.39 is 0 Å². The number of fused-ring (bicyclic) bond motifs is 3. The van der Waals surface area contributed by atoms with Gasteiger partial charge in [-0.2, -0.15) is 9.61 Å². The van der Waals surface area contributed by atoms with Crippen molar-refractivity contribution in [2.24, 2.45) is 0 Å². The van der Waals surface area contributed by atoms with Crippen molar-refractivity contribution in [3.05, 3.63) is 95.1 Å². The van der Waals surface area contributed by atoms with E-state index in [-0.39, 0.29) is 17.1 Å². The lowest BCUT2D eigenvalue weighted by atomic mass is 9.74. The summed E-state index contributed by atoms with van der Waals surface area (Å²) in [4.78, 5) is 19.9. The molecule has 2 aromatic heterocycles. The van der Waals surface area contributed by atoms with Gasteiger partial charge in [-0.05, 0) is 42.5 Å². The Morgan fingerprint density at radius 3 is 2.76 bits per heavy atom. The quantitative estimate of drug-likeness (QED) is 0.468. The lowest BCUT2D eigenvalue weighted by Crippen LogP contribution is -2.44. The summed E-state index contributed by atoms with van der Waals surface area (Å²) in [6, 6.07) is 15.4. The number of halogens is 1. The minimum atomic E-state index is -0.357. The molecule has 2 aliphatic rings. The number of likely N-dealkylation sites (tertiary alicyclic amines) is 1. The van der Waals surface area contributed by atoms with Gasteiger partial charge in [-0.25, -0.2) is 9.37 Å². The Balaban J connectivity index is 1.31. The van der Waals surface area contributed by atoms with Crippen LogP contribution in [-0.2, 0) is 5.41 Å². The summed E-state index contributed by atoms with van der Waals surface area (Å²) in [5, 5.41) is 7.45. The molecule has 4 aromatic rings. The van der Waals surface area contributed by atoms with Crippen LogP contribution in [0.4, 0.5) is 15.9 Å². The van der Waals surface area contributed by atoms with Gasteiger partial charge < -0.3 is 10.2 Å². The maximum atomic E-state index is 14.8. The number of benzene rings is 2. The first-order chi connectivity index (χ1) is 16.6. The van der Waals surface area contributed by atoms with Gasteiger partial charge in [0, 0.05) is 30.8 Å². The van der Waals surface area contributed by atoms with Crippen molar-refractivity contribution in [1.29, 1.82) is 0 Å². The third kappa shape index (κ3) is 3.19. The van der Waals surface area contributed by atoms with Gasteiger partial charge in [-0.15, -0.1) is 0 Å². The number of rotatable bonds is 3. The smallest absolute Gasteiger partial charge is 0.259 e. The number of piperidine rings is 1. The molecule has 1 amide bonds. The van der Waals surface area contributed by atoms with Crippen LogP contribution >= 0.6 is 0 Å². The summed E-state index contributed by atoms with van der Waals surface area (Å²) in [6.07, 6.45) is 9.39. The van der Waals surface area contributed by atoms with Crippen LogP contribution in [0.25, 0.3) is 11.7 Å². The largest absolute Gasteiger partial charge is 0.338 e. The molecule has 1 aliphatic carbocycles. The van der Waals surface area contributed by atoms with Crippen molar-refractivity contribution in [3.63, 3.8) is 0 Å². The zero-order valence-corrected chi connectivity index (χ0v) is 18.8. The van der Waals surface area contributed by atoms with E-state index in [1.807, 2.05) is 4.90 Å². The van der Waals surface area contributed by atoms with E-state index in [4.69, 9.17) is 0 Å². The Bertz CT molecular complexity index is 1450. The molecule has 0 bridgehead atoms. The Hall–Kier alpha value is -4.00. The molecular weight excluding hydrogens is 429 g/mol. The number of hydrogen-bond acceptors (Lipinski definition) is 4. The van der Waals surface area contributed by atoms with Gasteiger partial charge in [0.25, 0.3) is 5.91 Å². The highest BCUT2D eigenvalue weighted by molar-refractivity contribution is 5.99. The van der Waals surface area contributed by atoms with Gasteiger partial charge in [-0.1, -0.05) is 48.6 Å². The van der Waals surface area contributed by atoms with Crippen LogP contribution in [0, 0.1) is 12.7 Å². The van der Waals surface area contributed by atoms with Crippen LogP contribution < -0.4 is 5.32 Å². The number of nitrogens with one attached hydrogen (secondary N) is 1. The van der Waals surface area contributed by atoms with Crippen LogP contribution in [0.15, 0.2) is 67.0 Å². The third-order valence-corrected chi connectivity index (χ3v) is 7.11. The number of aryl methyl sites for hydroxylation is 1. The molecule has 1 fully saturated rings. The fraction of sp³-hybridized carbons (Fsp3) is 0.222. The number of aromatic nitrogens is 3. The third-order valence-electron chi connectivity index (χ3n) is 7.11. The number of nitrogens with zero attached hydrogens (tertiary/aromatic N) is 4. The normalized spacial score (nSPS) is 16.2. The van der Waals surface area contributed by atoms with Crippen molar-refractivity contribution in [3.8, 4) is 0 Å². The van der Waals surface area contributed by atoms with Gasteiger partial charge in [0.15, 0.2) is 5.65 Å². The van der Waals surface area contributed by atoms with Gasteiger partial charge in [-0.3, -0.25) is 4.79 Å². The lowest BCUT2D eigenvalue weighted by Gasteiger charge is -2.39. The van der Waals surface area contributed by atoms with Crippen molar-refractivity contribution in [2.75, 3.05) is 18.4 Å². The Kier molecular flexibility index (Phi) is 4.72. The summed E-state index contributed by atoms with van der Waals surface area (Å²) in [6.45, 7) is 2.97. The first kappa shape index (κ1) is 20.6. The van der Waals surface area contributed by atoms with Crippen LogP contribution in [0.3, 0.4) is 0 Å². The summed E-state index contributed by atoms with van der Waals surface area (Å²) >= 11 is 0. The second kappa shape index (κ2) is 7.80. The highest BCUT2D eigenvalue weighted by Crippen LogP contribution is 2.44. The number of anilines is 2. The average molecular weight is 454 g/mol. The number of carbonyl (C=O) groups is 1. The molecule has 34 heavy (non-hydrogen) atoms. The highest BCUT2D eigenvalue weighted by Gasteiger charge is 2.39. The van der Waals surface area contributed by atoms with Crippen LogP contribution in [-0.4, -0.2) is 38.5 Å². The van der Waals surface area contributed by atoms with Crippen molar-refractivity contribution in [1.82, 2.24) is 19.5 Å². The summed E-state index contributed by atoms with van der Waals surface area (Å²) in [5.74, 6) is -0.0777. The van der Waals surface area contributed by atoms with Crippen LogP contribution in [0.5, 0.6) is 0 Å². The molecule has 6 rings (SSSR count). The highest BCUT2D eigenvalue weighted by atomic mass is 19.1. The number of amides is 1. The molecule has 3 heterocycles. The maximum absolute atomic E-state index is 14.8. The second-order valence-corrected chi connectivity index (χ2v) is 9.05. The van der Waals surface area contributed by atoms with Crippen LogP contribution in [0.1, 0.15) is 39.9 Å². The predicted octanol–water partition coefficient (Wildman–Crippen LogP) is 5.12. The van der Waals surface area contributed by atoms with Gasteiger partial charge in [0.05, 0.1) is 11.9 Å². The van der Waals surface area contributed by atoms with E-state index in [2.05, 4.69) is 51.8 Å². The summed E-state index contributed by atoms with van der Waals surface area (Å²) < 4.78 is 16.3. The minimum absolute atomic E-state index is 0.0106. The zero-order chi connectivity index (χ0) is 23.3. The first-order valence-corrected chi connectivity index (χ1v) is 11.5. The number of allylic oxidation sites excluding steroid dienone is 1. The molecule has 0 saturated carbocycles. The molecule has 7 heteroatoms. The molecule has 0 atom stereocenters. The van der Waals surface area contributed by atoms with Gasteiger partial charge in [0.2, 0.25) is 0 Å². The number of hydrogen-bond donors (Lipinski definition) is 1. The first-order valence-electron chi connectivity index (χ1n) is 11.5. The van der Waals surface area contributed by atoms with E-state index >= 15 is 0 Å². The number of carbonyl (C=O) groups excluding carboxylic acids is 1. The molecule has 170 valence electrons. The van der Waals surface area contributed by atoms with E-state index in [0.717, 1.165) is 12.8 Å². The minimum Gasteiger partial charge on any atom is -0.338 e. The molecule has 1 N–H and O–H groups in total. The van der Waals surface area contributed by atoms with E-state index in [1.54, 1.807) is 48.1 Å². The Morgan fingerprint density at radius 1 is 1.09 bits per heavy atom. The summed E-state index contributed by atoms with van der Waals surface area (Å²) in [5.41, 5.74) is 4.37. The fourth-order valence-electron chi connectivity index (χ4n) is 5.17. The van der Waals surface area contributed by atoms with Crippen molar-refractivity contribution < 1.29 is 9.18 Å². The standard InChI is InChI=1S/C27H24FN5O/c1-18-5-4-8-22(24(18)28)31-25-20(17-29-23-10-14-30-33(23)25)26(34)32-15-12-27(13-16-32)11-9-19-6-2-3-7-21(19)27/h2-11,14,17,31H,12-13,15-16H2,1H3. The van der Waals surface area contributed by atoms with Crippen molar-refractivity contribution in [2.45, 2.75) is 25.2 Å². The average Bonchev–Trinajstić information content (AvgIpc) is 3.48. The van der Waals surface area contributed by atoms with Crippen molar-refractivity contribution >= 4 is 29.1 Å². The molecule has 1 aliphatic heterocycles.